The van der Waals surface area contributed by atoms with E-state index in [1.807, 2.05) is 13.8 Å². The second-order valence-corrected chi connectivity index (χ2v) is 6.62. The van der Waals surface area contributed by atoms with Crippen LogP contribution in [0.2, 0.25) is 0 Å². The SMILES string of the molecule is CCOc1ccc(C(=O)OC(C)C(=O)c2[nH]c(C)c(C(C)=O)c2C)cc1OCC. The average molecular weight is 401 g/mol. The van der Waals surface area contributed by atoms with Crippen LogP contribution in [0, 0.1) is 13.8 Å². The molecule has 1 N–H and O–H groups in total. The van der Waals surface area contributed by atoms with Gasteiger partial charge < -0.3 is 19.2 Å². The zero-order chi connectivity index (χ0) is 21.7. The van der Waals surface area contributed by atoms with Crippen molar-refractivity contribution in [2.45, 2.75) is 47.6 Å². The molecule has 0 aliphatic rings. The summed E-state index contributed by atoms with van der Waals surface area (Å²) in [5.74, 6) is -0.211. The molecule has 0 radical (unpaired) electrons. The molecule has 0 saturated heterocycles. The van der Waals surface area contributed by atoms with Gasteiger partial charge in [0, 0.05) is 11.3 Å². The van der Waals surface area contributed by atoms with Gasteiger partial charge in [0.15, 0.2) is 23.4 Å². The van der Waals surface area contributed by atoms with Crippen LogP contribution in [0.1, 0.15) is 70.2 Å². The van der Waals surface area contributed by atoms with Crippen molar-refractivity contribution in [3.05, 3.63) is 46.3 Å². The van der Waals surface area contributed by atoms with Crippen molar-refractivity contribution in [2.24, 2.45) is 0 Å². The monoisotopic (exact) mass is 401 g/mol. The minimum atomic E-state index is -1.03. The first kappa shape index (κ1) is 22.2. The van der Waals surface area contributed by atoms with Crippen LogP contribution < -0.4 is 9.47 Å². The summed E-state index contributed by atoms with van der Waals surface area (Å²) >= 11 is 0. The Hall–Kier alpha value is -3.09. The summed E-state index contributed by atoms with van der Waals surface area (Å²) in [6, 6.07) is 4.73. The van der Waals surface area contributed by atoms with Crippen LogP contribution in [-0.4, -0.2) is 41.8 Å². The fraction of sp³-hybridized carbons (Fsp3) is 0.409. The quantitative estimate of drug-likeness (QED) is 0.503. The summed E-state index contributed by atoms with van der Waals surface area (Å²) in [7, 11) is 0. The molecule has 0 aliphatic heterocycles. The molecule has 1 atom stereocenters. The van der Waals surface area contributed by atoms with Crippen molar-refractivity contribution >= 4 is 17.5 Å². The number of benzene rings is 1. The number of nitrogens with one attached hydrogen (secondary N) is 1. The number of hydrogen-bond donors (Lipinski definition) is 1. The Bertz CT molecular complexity index is 928. The lowest BCUT2D eigenvalue weighted by molar-refractivity contribution is 0.0316. The summed E-state index contributed by atoms with van der Waals surface area (Å²) in [4.78, 5) is 40.0. The molecule has 2 aromatic rings. The van der Waals surface area contributed by atoms with E-state index in [4.69, 9.17) is 14.2 Å². The second-order valence-electron chi connectivity index (χ2n) is 6.62. The van der Waals surface area contributed by atoms with Crippen LogP contribution in [0.4, 0.5) is 0 Å². The van der Waals surface area contributed by atoms with Crippen molar-refractivity contribution in [2.75, 3.05) is 13.2 Å². The Labute approximate surface area is 170 Å². The van der Waals surface area contributed by atoms with Crippen LogP contribution in [0.15, 0.2) is 18.2 Å². The minimum absolute atomic E-state index is 0.127. The van der Waals surface area contributed by atoms with Crippen LogP contribution >= 0.6 is 0 Å². The fourth-order valence-corrected chi connectivity index (χ4v) is 3.19. The van der Waals surface area contributed by atoms with E-state index in [1.54, 1.807) is 26.0 Å². The number of carbonyl (C=O) groups excluding carboxylic acids is 3. The van der Waals surface area contributed by atoms with E-state index in [1.165, 1.54) is 19.9 Å². The van der Waals surface area contributed by atoms with E-state index in [0.717, 1.165) is 0 Å². The van der Waals surface area contributed by atoms with Gasteiger partial charge >= 0.3 is 5.97 Å². The predicted molar refractivity (Wildman–Crippen MR) is 108 cm³/mol. The van der Waals surface area contributed by atoms with Crippen LogP contribution in [0.3, 0.4) is 0 Å². The largest absolute Gasteiger partial charge is 0.490 e. The Morgan fingerprint density at radius 2 is 1.66 bits per heavy atom. The predicted octanol–water partition coefficient (Wildman–Crippen LogP) is 4.06. The highest BCUT2D eigenvalue weighted by molar-refractivity contribution is 6.05. The van der Waals surface area contributed by atoms with Crippen molar-refractivity contribution in [3.63, 3.8) is 0 Å². The number of aromatic amines is 1. The van der Waals surface area contributed by atoms with Crippen LogP contribution in [0.25, 0.3) is 0 Å². The smallest absolute Gasteiger partial charge is 0.338 e. The molecule has 0 aliphatic carbocycles. The molecule has 1 unspecified atom stereocenters. The maximum Gasteiger partial charge on any atom is 0.338 e. The molecule has 0 fully saturated rings. The summed E-state index contributed by atoms with van der Waals surface area (Å²) < 4.78 is 16.4. The molecule has 0 bridgehead atoms. The molecule has 29 heavy (non-hydrogen) atoms. The van der Waals surface area contributed by atoms with Gasteiger partial charge in [0.25, 0.3) is 0 Å². The maximum atomic E-state index is 12.8. The van der Waals surface area contributed by atoms with Gasteiger partial charge in [-0.1, -0.05) is 0 Å². The number of carbonyl (C=O) groups is 3. The number of rotatable bonds is 9. The molecule has 1 heterocycles. The van der Waals surface area contributed by atoms with Crippen molar-refractivity contribution < 1.29 is 28.6 Å². The second kappa shape index (κ2) is 9.41. The van der Waals surface area contributed by atoms with Crippen LogP contribution in [0.5, 0.6) is 11.5 Å². The van der Waals surface area contributed by atoms with E-state index >= 15 is 0 Å². The Morgan fingerprint density at radius 1 is 1.03 bits per heavy atom. The lowest BCUT2D eigenvalue weighted by Gasteiger charge is -2.14. The van der Waals surface area contributed by atoms with Gasteiger partial charge in [0.2, 0.25) is 5.78 Å². The molecule has 0 saturated carbocycles. The van der Waals surface area contributed by atoms with Gasteiger partial charge in [-0.3, -0.25) is 9.59 Å². The third kappa shape index (κ3) is 4.85. The number of ether oxygens (including phenoxy) is 3. The van der Waals surface area contributed by atoms with E-state index in [9.17, 15) is 14.4 Å². The average Bonchev–Trinajstić information content (AvgIpc) is 2.97. The lowest BCUT2D eigenvalue weighted by atomic mass is 10.0. The Kier molecular flexibility index (Phi) is 7.20. The normalized spacial score (nSPS) is 11.7. The lowest BCUT2D eigenvalue weighted by Crippen LogP contribution is -2.25. The number of hydrogen-bond acceptors (Lipinski definition) is 6. The van der Waals surface area contributed by atoms with Gasteiger partial charge in [-0.05, 0) is 65.3 Å². The van der Waals surface area contributed by atoms with Crippen molar-refractivity contribution in [1.29, 1.82) is 0 Å². The molecule has 0 spiro atoms. The first-order valence-electron chi connectivity index (χ1n) is 9.56. The summed E-state index contributed by atoms with van der Waals surface area (Å²) in [6.07, 6.45) is -1.03. The summed E-state index contributed by atoms with van der Waals surface area (Å²) in [6.45, 7) is 10.9. The first-order chi connectivity index (χ1) is 13.7. The highest BCUT2D eigenvalue weighted by atomic mass is 16.5. The third-order valence-electron chi connectivity index (χ3n) is 4.47. The van der Waals surface area contributed by atoms with Gasteiger partial charge in [0.1, 0.15) is 0 Å². The molecular weight excluding hydrogens is 374 g/mol. The fourth-order valence-electron chi connectivity index (χ4n) is 3.19. The van der Waals surface area contributed by atoms with Crippen molar-refractivity contribution in [3.8, 4) is 11.5 Å². The molecule has 7 heteroatoms. The number of esters is 1. The standard InChI is InChI=1S/C22H27NO6/c1-7-27-17-10-9-16(11-18(17)28-8-2)22(26)29-15(6)21(25)20-12(3)19(14(5)24)13(4)23-20/h9-11,15,23H,7-8H2,1-6H3. The summed E-state index contributed by atoms with van der Waals surface area (Å²) in [5, 5.41) is 0. The van der Waals surface area contributed by atoms with Gasteiger partial charge in [0.05, 0.1) is 24.5 Å². The number of aromatic nitrogens is 1. The van der Waals surface area contributed by atoms with Crippen molar-refractivity contribution in [1.82, 2.24) is 4.98 Å². The highest BCUT2D eigenvalue weighted by Crippen LogP contribution is 2.29. The zero-order valence-electron chi connectivity index (χ0n) is 17.7. The maximum absolute atomic E-state index is 12.8. The molecule has 156 valence electrons. The van der Waals surface area contributed by atoms with Gasteiger partial charge in [-0.2, -0.15) is 0 Å². The number of aryl methyl sites for hydroxylation is 1. The number of ketones is 2. The molecule has 1 aromatic carbocycles. The van der Waals surface area contributed by atoms with Gasteiger partial charge in [-0.15, -0.1) is 0 Å². The van der Waals surface area contributed by atoms with E-state index in [0.29, 0.717) is 41.5 Å². The topological polar surface area (TPSA) is 94.7 Å². The zero-order valence-corrected chi connectivity index (χ0v) is 17.7. The van der Waals surface area contributed by atoms with E-state index < -0.39 is 17.9 Å². The molecule has 2 rings (SSSR count). The molecule has 7 nitrogen and oxygen atoms in total. The molecule has 0 amide bonds. The minimum Gasteiger partial charge on any atom is -0.490 e. The number of Topliss-reactive ketones (excluding diaryl/α,β-unsaturated/α-hetero) is 2. The molecule has 1 aromatic heterocycles. The summed E-state index contributed by atoms with van der Waals surface area (Å²) in [5.41, 5.74) is 2.18. The van der Waals surface area contributed by atoms with E-state index in [-0.39, 0.29) is 17.0 Å². The Balaban J connectivity index is 2.20. The first-order valence-corrected chi connectivity index (χ1v) is 9.56. The van der Waals surface area contributed by atoms with Gasteiger partial charge in [-0.25, -0.2) is 4.79 Å². The molecular formula is C22H27NO6. The number of H-pyrrole nitrogens is 1. The highest BCUT2D eigenvalue weighted by Gasteiger charge is 2.26. The Morgan fingerprint density at radius 3 is 2.21 bits per heavy atom. The van der Waals surface area contributed by atoms with Crippen LogP contribution in [-0.2, 0) is 4.74 Å². The third-order valence-corrected chi connectivity index (χ3v) is 4.47. The van der Waals surface area contributed by atoms with E-state index in [2.05, 4.69) is 4.98 Å².